The van der Waals surface area contributed by atoms with Crippen LogP contribution >= 0.6 is 0 Å². The van der Waals surface area contributed by atoms with Crippen LogP contribution in [0.5, 0.6) is 0 Å². The maximum absolute atomic E-state index is 14.3. The average Bonchev–Trinajstić information content (AvgIpc) is 3.57. The molecule has 1 aliphatic heterocycles. The number of ether oxygens (including phenoxy) is 3. The number of esters is 2. The first kappa shape index (κ1) is 24.2. The van der Waals surface area contributed by atoms with E-state index in [1.165, 1.54) is 6.92 Å². The lowest BCUT2D eigenvalue weighted by Crippen LogP contribution is -2.52. The van der Waals surface area contributed by atoms with Gasteiger partial charge in [0.2, 0.25) is 5.78 Å². The molecule has 0 unspecified atom stereocenters. The van der Waals surface area contributed by atoms with Crippen LogP contribution in [0.4, 0.5) is 0 Å². The Balaban J connectivity index is 1.62. The first-order valence-electron chi connectivity index (χ1n) is 12.8. The molecular weight excluding hydrogens is 444 g/mol. The monoisotopic (exact) mass is 480 g/mol. The van der Waals surface area contributed by atoms with Crippen molar-refractivity contribution in [3.63, 3.8) is 0 Å². The van der Waals surface area contributed by atoms with Crippen molar-refractivity contribution >= 4 is 17.7 Å². The molecule has 4 aliphatic rings. The van der Waals surface area contributed by atoms with E-state index < -0.39 is 35.2 Å². The van der Waals surface area contributed by atoms with Gasteiger partial charge in [0.15, 0.2) is 5.60 Å². The number of hydrogen-bond acceptors (Lipinski definition) is 6. The second kappa shape index (κ2) is 8.02. The Bertz CT molecular complexity index is 1090. The van der Waals surface area contributed by atoms with Crippen LogP contribution in [-0.4, -0.2) is 41.1 Å². The summed E-state index contributed by atoms with van der Waals surface area (Å²) in [4.78, 5) is 39.8. The first-order valence-corrected chi connectivity index (χ1v) is 12.8. The van der Waals surface area contributed by atoms with Crippen molar-refractivity contribution < 1.29 is 28.6 Å². The molecule has 1 aromatic rings. The van der Waals surface area contributed by atoms with Crippen LogP contribution in [0.25, 0.3) is 0 Å². The summed E-state index contributed by atoms with van der Waals surface area (Å²) in [5, 5.41) is 0. The minimum Gasteiger partial charge on any atom is -0.462 e. The largest absolute Gasteiger partial charge is 0.462 e. The highest BCUT2D eigenvalue weighted by Gasteiger charge is 2.72. The molecule has 6 heteroatoms. The molecule has 3 fully saturated rings. The minimum atomic E-state index is -1.46. The molecule has 3 aliphatic carbocycles. The zero-order valence-corrected chi connectivity index (χ0v) is 21.5. The van der Waals surface area contributed by atoms with Crippen LogP contribution in [0.3, 0.4) is 0 Å². The fourth-order valence-corrected chi connectivity index (χ4v) is 7.05. The van der Waals surface area contributed by atoms with Gasteiger partial charge in [0, 0.05) is 13.3 Å². The van der Waals surface area contributed by atoms with Gasteiger partial charge in [-0.15, -0.1) is 0 Å². The standard InChI is InChI=1S/C29H36O6/c1-16-14-21-20(27(21,4)5)12-13-28(6)25(34-28)22-23(33-18(3)30)17(2)15-29(22,24(16)31)35-26(32)19-10-8-7-9-11-19/h7-11,14,17,20-23,25H,12-13,15H2,1-6H3/b16-14-/t17-,20-,21-,22+,23-,25+,28+,29+/m0/s1. The van der Waals surface area contributed by atoms with Crippen molar-refractivity contribution in [1.82, 2.24) is 0 Å². The maximum Gasteiger partial charge on any atom is 0.339 e. The Labute approximate surface area is 207 Å². The molecule has 1 heterocycles. The average molecular weight is 481 g/mol. The van der Waals surface area contributed by atoms with Gasteiger partial charge in [-0.3, -0.25) is 9.59 Å². The summed E-state index contributed by atoms with van der Waals surface area (Å²) in [7, 11) is 0. The Morgan fingerprint density at radius 1 is 1.11 bits per heavy atom. The van der Waals surface area contributed by atoms with Gasteiger partial charge in [0.05, 0.1) is 23.2 Å². The summed E-state index contributed by atoms with van der Waals surface area (Å²) >= 11 is 0. The normalized spacial score (nSPS) is 42.8. The molecule has 0 amide bonds. The van der Waals surface area contributed by atoms with E-state index in [4.69, 9.17) is 14.2 Å². The molecule has 0 radical (unpaired) electrons. The van der Waals surface area contributed by atoms with E-state index in [0.717, 1.165) is 12.8 Å². The van der Waals surface area contributed by atoms with Crippen LogP contribution < -0.4 is 0 Å². The van der Waals surface area contributed by atoms with Gasteiger partial charge in [-0.1, -0.05) is 45.0 Å². The van der Waals surface area contributed by atoms with Gasteiger partial charge in [0.1, 0.15) is 6.10 Å². The summed E-state index contributed by atoms with van der Waals surface area (Å²) in [6.07, 6.45) is 3.31. The van der Waals surface area contributed by atoms with Crippen molar-refractivity contribution in [2.75, 3.05) is 0 Å². The zero-order chi connectivity index (χ0) is 25.3. The maximum atomic E-state index is 14.3. The molecule has 188 valence electrons. The van der Waals surface area contributed by atoms with Gasteiger partial charge >= 0.3 is 11.9 Å². The highest BCUT2D eigenvalue weighted by molar-refractivity contribution is 6.04. The predicted molar refractivity (Wildman–Crippen MR) is 129 cm³/mol. The summed E-state index contributed by atoms with van der Waals surface area (Å²) in [6, 6.07) is 8.73. The van der Waals surface area contributed by atoms with Crippen molar-refractivity contribution in [3.05, 3.63) is 47.5 Å². The Morgan fingerprint density at radius 3 is 2.46 bits per heavy atom. The molecule has 1 aromatic carbocycles. The number of allylic oxidation sites excluding steroid dienone is 1. The van der Waals surface area contributed by atoms with E-state index in [0.29, 0.717) is 23.0 Å². The van der Waals surface area contributed by atoms with E-state index in [1.807, 2.05) is 19.9 Å². The predicted octanol–water partition coefficient (Wildman–Crippen LogP) is 4.91. The number of carbonyl (C=O) groups is 3. The number of fused-ring (bicyclic) bond motifs is 4. The molecule has 35 heavy (non-hydrogen) atoms. The molecule has 0 aromatic heterocycles. The van der Waals surface area contributed by atoms with Gasteiger partial charge in [0.25, 0.3) is 0 Å². The number of epoxide rings is 1. The second-order valence-electron chi connectivity index (χ2n) is 11.9. The van der Waals surface area contributed by atoms with Gasteiger partial charge < -0.3 is 14.2 Å². The summed E-state index contributed by atoms with van der Waals surface area (Å²) in [6.45, 7) is 11.7. The third-order valence-corrected chi connectivity index (χ3v) is 9.19. The number of rotatable bonds is 3. The van der Waals surface area contributed by atoms with E-state index in [-0.39, 0.29) is 29.6 Å². The smallest absolute Gasteiger partial charge is 0.339 e. The van der Waals surface area contributed by atoms with Crippen molar-refractivity contribution in [2.45, 2.75) is 84.2 Å². The molecule has 0 N–H and O–H groups in total. The molecular formula is C29H36O6. The van der Waals surface area contributed by atoms with E-state index in [9.17, 15) is 14.4 Å². The summed E-state index contributed by atoms with van der Waals surface area (Å²) < 4.78 is 18.4. The Kier molecular flexibility index (Phi) is 5.55. The molecule has 1 saturated heterocycles. The molecule has 2 saturated carbocycles. The fraction of sp³-hybridized carbons (Fsp3) is 0.621. The summed E-state index contributed by atoms with van der Waals surface area (Å²) in [5.41, 5.74) is -0.793. The third kappa shape index (κ3) is 3.85. The highest BCUT2D eigenvalue weighted by atomic mass is 16.6. The van der Waals surface area contributed by atoms with Gasteiger partial charge in [-0.05, 0) is 67.6 Å². The molecule has 8 atom stereocenters. The van der Waals surface area contributed by atoms with Crippen LogP contribution in [0, 0.1) is 29.1 Å². The topological polar surface area (TPSA) is 82.2 Å². The highest BCUT2D eigenvalue weighted by Crippen LogP contribution is 2.65. The van der Waals surface area contributed by atoms with Crippen molar-refractivity contribution in [2.24, 2.45) is 29.1 Å². The van der Waals surface area contributed by atoms with E-state index >= 15 is 0 Å². The SMILES string of the molecule is CC(=O)O[C@@H]1[C@@H]2[C@H]3O[C@]3(C)CC[C@H]3[C@H](/C=C(/C)C(=O)[C@@]2(OC(=O)c2ccccc2)C[C@@H]1C)C3(C)C. The molecule has 6 nitrogen and oxygen atoms in total. The van der Waals surface area contributed by atoms with Crippen molar-refractivity contribution in [1.29, 1.82) is 0 Å². The Morgan fingerprint density at radius 2 is 1.80 bits per heavy atom. The quantitative estimate of drug-likeness (QED) is 0.452. The number of Topliss-reactive ketones (excluding diaryl/α,β-unsaturated/α-hetero) is 1. The van der Waals surface area contributed by atoms with Crippen molar-refractivity contribution in [3.8, 4) is 0 Å². The van der Waals surface area contributed by atoms with Crippen LogP contribution in [0.1, 0.15) is 71.2 Å². The number of benzene rings is 1. The second-order valence-corrected chi connectivity index (χ2v) is 11.9. The lowest BCUT2D eigenvalue weighted by atomic mass is 9.77. The Hall–Kier alpha value is -2.47. The minimum absolute atomic E-state index is 0.123. The number of carbonyl (C=O) groups excluding carboxylic acids is 3. The lowest BCUT2D eigenvalue weighted by molar-refractivity contribution is -0.156. The fourth-order valence-electron chi connectivity index (χ4n) is 7.05. The van der Waals surface area contributed by atoms with Crippen LogP contribution in [0.15, 0.2) is 42.0 Å². The number of hydrogen-bond donors (Lipinski definition) is 0. The first-order chi connectivity index (χ1) is 16.4. The number of ketones is 1. The van der Waals surface area contributed by atoms with E-state index in [2.05, 4.69) is 26.8 Å². The molecule has 0 bridgehead atoms. The molecule has 5 rings (SSSR count). The van der Waals surface area contributed by atoms with Gasteiger partial charge in [-0.2, -0.15) is 0 Å². The third-order valence-electron chi connectivity index (χ3n) is 9.19. The van der Waals surface area contributed by atoms with Crippen LogP contribution in [-0.2, 0) is 23.8 Å². The van der Waals surface area contributed by atoms with E-state index in [1.54, 1.807) is 24.3 Å². The zero-order valence-electron chi connectivity index (χ0n) is 21.5. The molecule has 0 spiro atoms. The van der Waals surface area contributed by atoms with Gasteiger partial charge in [-0.25, -0.2) is 4.79 Å². The lowest BCUT2D eigenvalue weighted by Gasteiger charge is -2.35. The van der Waals surface area contributed by atoms with Crippen LogP contribution in [0.2, 0.25) is 0 Å². The summed E-state index contributed by atoms with van der Waals surface area (Å²) in [5.74, 6) is -1.12.